The lowest BCUT2D eigenvalue weighted by atomic mass is 9.99. The van der Waals surface area contributed by atoms with Crippen LogP contribution in [0.4, 0.5) is 5.69 Å². The summed E-state index contributed by atoms with van der Waals surface area (Å²) in [5, 5.41) is 18.6. The Kier molecular flexibility index (Phi) is 8.45. The van der Waals surface area contributed by atoms with Crippen LogP contribution >= 0.6 is 11.3 Å². The number of thiophene rings is 1. The molecule has 1 aliphatic rings. The Morgan fingerprint density at radius 3 is 2.69 bits per heavy atom. The first-order valence-electron chi connectivity index (χ1n) is 12.5. The van der Waals surface area contributed by atoms with Crippen LogP contribution in [0.2, 0.25) is 0 Å². The van der Waals surface area contributed by atoms with Crippen LogP contribution in [0.15, 0.2) is 46.0 Å². The van der Waals surface area contributed by atoms with Gasteiger partial charge in [-0.05, 0) is 43.5 Å². The molecule has 0 unspecified atom stereocenters. The number of likely N-dealkylation sites (N-methyl/N-ethyl adjacent to an activating group) is 1. The van der Waals surface area contributed by atoms with Crippen LogP contribution in [0.5, 0.6) is 5.75 Å². The molecule has 3 aromatic rings. The minimum absolute atomic E-state index is 0.000414. The van der Waals surface area contributed by atoms with Crippen molar-refractivity contribution in [2.45, 2.75) is 37.1 Å². The number of carbonyl (C=O) groups is 2. The Morgan fingerprint density at radius 1 is 1.33 bits per heavy atom. The zero-order valence-corrected chi connectivity index (χ0v) is 24.1. The Morgan fingerprint density at radius 2 is 2.08 bits per heavy atom. The standard InChI is InChI=1S/C26H33N5O6S2/c1-16-13-31(18(3)15-32)26(34)19-8-6-9-20(27-25(33)21-12-17(2)28-30(21)5)24(19)37-22(16)14-29(4)39(35,36)23-10-7-11-38-23/h6-12,16,18,22,32H,13-15H2,1-5H3,(H,27,33)/t16-,18+,22+/m0/s1. The Labute approximate surface area is 232 Å². The summed E-state index contributed by atoms with van der Waals surface area (Å²) in [7, 11) is -0.609. The maximum Gasteiger partial charge on any atom is 0.274 e. The van der Waals surface area contributed by atoms with Crippen LogP contribution < -0.4 is 10.1 Å². The number of ether oxygens (including phenoxy) is 1. The fraction of sp³-hybridized carbons (Fsp3) is 0.423. The van der Waals surface area contributed by atoms with Crippen LogP contribution in [0.3, 0.4) is 0 Å². The Bertz CT molecular complexity index is 1450. The van der Waals surface area contributed by atoms with E-state index in [1.165, 1.54) is 16.0 Å². The first-order chi connectivity index (χ1) is 18.4. The van der Waals surface area contributed by atoms with Gasteiger partial charge in [-0.25, -0.2) is 8.42 Å². The molecule has 3 atom stereocenters. The number of aliphatic hydroxyl groups is 1. The predicted octanol–water partition coefficient (Wildman–Crippen LogP) is 2.58. The normalized spacial score (nSPS) is 18.7. The van der Waals surface area contributed by atoms with E-state index < -0.39 is 28.1 Å². The average molecular weight is 576 g/mol. The summed E-state index contributed by atoms with van der Waals surface area (Å²) in [5.41, 5.74) is 1.47. The van der Waals surface area contributed by atoms with Crippen molar-refractivity contribution in [1.29, 1.82) is 0 Å². The van der Waals surface area contributed by atoms with E-state index in [0.717, 1.165) is 11.3 Å². The maximum absolute atomic E-state index is 13.6. The minimum Gasteiger partial charge on any atom is -0.486 e. The van der Waals surface area contributed by atoms with Gasteiger partial charge in [0.25, 0.3) is 21.8 Å². The Hall–Kier alpha value is -3.26. The van der Waals surface area contributed by atoms with Crippen LogP contribution in [-0.4, -0.2) is 83.2 Å². The number of anilines is 1. The highest BCUT2D eigenvalue weighted by Crippen LogP contribution is 2.35. The summed E-state index contributed by atoms with van der Waals surface area (Å²) in [6, 6.07) is 9.24. The SMILES string of the molecule is Cc1cc(C(=O)Nc2cccc3c2O[C@H](CN(C)S(=O)(=O)c2cccs2)[C@@H](C)CN([C@H](C)CO)C3=O)n(C)n1. The number of nitrogens with one attached hydrogen (secondary N) is 1. The fourth-order valence-corrected chi connectivity index (χ4v) is 6.87. The van der Waals surface area contributed by atoms with Crippen molar-refractivity contribution >= 4 is 38.9 Å². The molecule has 11 nitrogen and oxygen atoms in total. The van der Waals surface area contributed by atoms with Crippen LogP contribution in [0, 0.1) is 12.8 Å². The van der Waals surface area contributed by atoms with Crippen molar-refractivity contribution in [2.24, 2.45) is 13.0 Å². The van der Waals surface area contributed by atoms with Crippen molar-refractivity contribution in [3.63, 3.8) is 0 Å². The quantitative estimate of drug-likeness (QED) is 0.422. The number of carbonyl (C=O) groups excluding carboxylic acids is 2. The van der Waals surface area contributed by atoms with E-state index in [0.29, 0.717) is 11.4 Å². The molecule has 0 saturated heterocycles. The molecule has 4 rings (SSSR count). The van der Waals surface area contributed by atoms with E-state index in [1.54, 1.807) is 67.6 Å². The zero-order chi connectivity index (χ0) is 28.5. The number of aryl methyl sites for hydroxylation is 2. The van der Waals surface area contributed by atoms with Gasteiger partial charge < -0.3 is 20.1 Å². The van der Waals surface area contributed by atoms with E-state index in [9.17, 15) is 23.1 Å². The molecule has 0 aliphatic carbocycles. The second kappa shape index (κ2) is 11.5. The Balaban J connectivity index is 1.74. The smallest absolute Gasteiger partial charge is 0.274 e. The number of benzene rings is 1. The van der Waals surface area contributed by atoms with E-state index in [4.69, 9.17) is 4.74 Å². The number of aliphatic hydroxyl groups excluding tert-OH is 1. The van der Waals surface area contributed by atoms with Crippen molar-refractivity contribution in [3.05, 3.63) is 58.7 Å². The number of nitrogens with zero attached hydrogens (tertiary/aromatic N) is 4. The van der Waals surface area contributed by atoms with E-state index in [-0.39, 0.29) is 52.7 Å². The summed E-state index contributed by atoms with van der Waals surface area (Å²) in [5.74, 6) is -0.972. The first kappa shape index (κ1) is 28.7. The summed E-state index contributed by atoms with van der Waals surface area (Å²) >= 11 is 1.13. The van der Waals surface area contributed by atoms with Crippen LogP contribution in [0.1, 0.15) is 40.4 Å². The lowest BCUT2D eigenvalue weighted by Crippen LogP contribution is -2.50. The number of fused-ring (bicyclic) bond motifs is 1. The third-order valence-electron chi connectivity index (χ3n) is 6.77. The van der Waals surface area contributed by atoms with Gasteiger partial charge in [0.15, 0.2) is 5.75 Å². The molecule has 210 valence electrons. The lowest BCUT2D eigenvalue weighted by molar-refractivity contribution is 0.0388. The molecular weight excluding hydrogens is 542 g/mol. The van der Waals surface area contributed by atoms with E-state index in [1.807, 2.05) is 6.92 Å². The molecule has 0 saturated carbocycles. The van der Waals surface area contributed by atoms with Crippen LogP contribution in [-0.2, 0) is 17.1 Å². The highest BCUT2D eigenvalue weighted by atomic mass is 32.2. The summed E-state index contributed by atoms with van der Waals surface area (Å²) in [6.07, 6.45) is -0.679. The molecule has 2 N–H and O–H groups in total. The van der Waals surface area contributed by atoms with Gasteiger partial charge in [-0.2, -0.15) is 9.40 Å². The molecule has 13 heteroatoms. The predicted molar refractivity (Wildman–Crippen MR) is 148 cm³/mol. The topological polar surface area (TPSA) is 134 Å². The summed E-state index contributed by atoms with van der Waals surface area (Å²) in [4.78, 5) is 28.3. The molecule has 2 aromatic heterocycles. The lowest BCUT2D eigenvalue weighted by Gasteiger charge is -2.38. The zero-order valence-electron chi connectivity index (χ0n) is 22.5. The average Bonchev–Trinajstić information content (AvgIpc) is 3.56. The second-order valence-electron chi connectivity index (χ2n) is 9.77. The molecule has 2 amide bonds. The van der Waals surface area contributed by atoms with Crippen molar-refractivity contribution < 1.29 is 27.9 Å². The molecule has 1 aliphatic heterocycles. The molecular formula is C26H33N5O6S2. The number of aromatic nitrogens is 2. The number of para-hydroxylation sites is 1. The van der Waals surface area contributed by atoms with Gasteiger partial charge in [0, 0.05) is 26.6 Å². The monoisotopic (exact) mass is 575 g/mol. The van der Waals surface area contributed by atoms with E-state index >= 15 is 0 Å². The van der Waals surface area contributed by atoms with Gasteiger partial charge in [0.1, 0.15) is 16.0 Å². The molecule has 1 aromatic carbocycles. The third kappa shape index (κ3) is 5.86. The summed E-state index contributed by atoms with van der Waals surface area (Å²) < 4.78 is 35.7. The first-order valence-corrected chi connectivity index (χ1v) is 14.8. The number of rotatable bonds is 8. The van der Waals surface area contributed by atoms with Crippen molar-refractivity contribution in [1.82, 2.24) is 19.0 Å². The minimum atomic E-state index is -3.76. The van der Waals surface area contributed by atoms with Crippen molar-refractivity contribution in [2.75, 3.05) is 32.1 Å². The maximum atomic E-state index is 13.6. The highest BCUT2D eigenvalue weighted by molar-refractivity contribution is 7.91. The third-order valence-corrected chi connectivity index (χ3v) is 9.97. The molecule has 0 bridgehead atoms. The molecule has 0 radical (unpaired) electrons. The number of sulfonamides is 1. The van der Waals surface area contributed by atoms with Crippen LogP contribution in [0.25, 0.3) is 0 Å². The molecule has 0 fully saturated rings. The number of hydrogen-bond acceptors (Lipinski definition) is 8. The fourth-order valence-electron chi connectivity index (χ4n) is 4.48. The molecule has 3 heterocycles. The highest BCUT2D eigenvalue weighted by Gasteiger charge is 2.36. The van der Waals surface area contributed by atoms with Gasteiger partial charge in [-0.15, -0.1) is 11.3 Å². The molecule has 39 heavy (non-hydrogen) atoms. The van der Waals surface area contributed by atoms with Gasteiger partial charge >= 0.3 is 0 Å². The number of amides is 2. The summed E-state index contributed by atoms with van der Waals surface area (Å²) in [6.45, 7) is 5.38. The van der Waals surface area contributed by atoms with Gasteiger partial charge in [0.2, 0.25) is 0 Å². The molecule has 0 spiro atoms. The van der Waals surface area contributed by atoms with E-state index in [2.05, 4.69) is 10.4 Å². The van der Waals surface area contributed by atoms with Gasteiger partial charge in [-0.3, -0.25) is 14.3 Å². The van der Waals surface area contributed by atoms with Crippen molar-refractivity contribution in [3.8, 4) is 5.75 Å². The number of hydrogen-bond donors (Lipinski definition) is 2. The van der Waals surface area contributed by atoms with Gasteiger partial charge in [0.05, 0.1) is 36.1 Å². The second-order valence-corrected chi connectivity index (χ2v) is 13.0. The van der Waals surface area contributed by atoms with Gasteiger partial charge in [-0.1, -0.05) is 19.1 Å². The largest absolute Gasteiger partial charge is 0.486 e.